The Labute approximate surface area is 199 Å². The van der Waals surface area contributed by atoms with Gasteiger partial charge in [-0.25, -0.2) is 4.79 Å². The lowest BCUT2D eigenvalue weighted by Crippen LogP contribution is -2.47. The molecule has 33 heavy (non-hydrogen) atoms. The minimum Gasteiger partial charge on any atom is -0.448 e. The maximum Gasteiger partial charge on any atom is 0.404 e. The molecule has 0 aliphatic heterocycles. The minimum absolute atomic E-state index is 0.0162. The summed E-state index contributed by atoms with van der Waals surface area (Å²) < 4.78 is 4.80. The van der Waals surface area contributed by atoms with Crippen molar-refractivity contribution in [2.75, 3.05) is 45.9 Å². The van der Waals surface area contributed by atoms with Crippen LogP contribution in [0.3, 0.4) is 0 Å². The number of carbonyl (C=O) groups excluding carboxylic acids is 3. The molecule has 0 aliphatic carbocycles. The van der Waals surface area contributed by atoms with E-state index < -0.39 is 6.09 Å². The SMILES string of the molecule is CCCCN.NCCCCCCCN(CC(=O)NC(CCCCN)COC(N)=O)C(=O)CN. The first-order valence-electron chi connectivity index (χ1n) is 12.2. The standard InChI is InChI=1S/C18H38N6O4.C4H11N/c19-9-5-2-1-3-7-11-24(17(26)12-21)13-16(25)23-15(8-4-6-10-20)14-28-18(22)27;1-2-3-4-5/h15H,1-14,19-21H2,(H2,22,27)(H,23,25);2-5H2,1H3. The number of hydrogen-bond donors (Lipinski definition) is 6. The summed E-state index contributed by atoms with van der Waals surface area (Å²) in [5.74, 6) is -0.596. The predicted molar refractivity (Wildman–Crippen MR) is 132 cm³/mol. The third-order valence-corrected chi connectivity index (χ3v) is 4.85. The van der Waals surface area contributed by atoms with Gasteiger partial charge in [0.05, 0.1) is 19.1 Å². The first-order valence-corrected chi connectivity index (χ1v) is 12.2. The maximum atomic E-state index is 12.4. The van der Waals surface area contributed by atoms with Gasteiger partial charge in [-0.05, 0) is 51.7 Å². The van der Waals surface area contributed by atoms with E-state index in [4.69, 9.17) is 33.4 Å². The molecule has 196 valence electrons. The molecule has 11 N–H and O–H groups in total. The fraction of sp³-hybridized carbons (Fsp3) is 0.864. The van der Waals surface area contributed by atoms with Crippen LogP contribution in [0.2, 0.25) is 0 Å². The number of nitrogens with one attached hydrogen (secondary N) is 1. The molecule has 1 unspecified atom stereocenters. The monoisotopic (exact) mass is 475 g/mol. The lowest BCUT2D eigenvalue weighted by atomic mass is 10.1. The van der Waals surface area contributed by atoms with Gasteiger partial charge < -0.3 is 43.6 Å². The summed E-state index contributed by atoms with van der Waals surface area (Å²) in [5.41, 5.74) is 26.5. The van der Waals surface area contributed by atoms with Gasteiger partial charge in [-0.2, -0.15) is 0 Å². The van der Waals surface area contributed by atoms with Crippen LogP contribution in [-0.2, 0) is 14.3 Å². The van der Waals surface area contributed by atoms with Crippen molar-refractivity contribution in [3.8, 4) is 0 Å². The van der Waals surface area contributed by atoms with Gasteiger partial charge in [0, 0.05) is 6.54 Å². The molecular weight excluding hydrogens is 426 g/mol. The molecule has 0 aromatic carbocycles. The van der Waals surface area contributed by atoms with Gasteiger partial charge in [0.15, 0.2) is 0 Å². The van der Waals surface area contributed by atoms with Crippen molar-refractivity contribution in [3.05, 3.63) is 0 Å². The zero-order valence-electron chi connectivity index (χ0n) is 20.6. The summed E-state index contributed by atoms with van der Waals surface area (Å²) in [6, 6.07) is -0.377. The predicted octanol–water partition coefficient (Wildman–Crippen LogP) is 0.137. The lowest BCUT2D eigenvalue weighted by molar-refractivity contribution is -0.135. The summed E-state index contributed by atoms with van der Waals surface area (Å²) in [7, 11) is 0. The van der Waals surface area contributed by atoms with Crippen molar-refractivity contribution < 1.29 is 19.1 Å². The summed E-state index contributed by atoms with van der Waals surface area (Å²) in [5, 5.41) is 2.80. The van der Waals surface area contributed by atoms with Crippen LogP contribution >= 0.6 is 0 Å². The van der Waals surface area contributed by atoms with Crippen LogP contribution in [0.15, 0.2) is 0 Å². The molecule has 0 aliphatic rings. The van der Waals surface area contributed by atoms with Crippen molar-refractivity contribution in [2.45, 2.75) is 77.2 Å². The molecule has 0 saturated heterocycles. The number of unbranched alkanes of at least 4 members (excludes halogenated alkanes) is 6. The zero-order valence-corrected chi connectivity index (χ0v) is 20.6. The Hall–Kier alpha value is -1.95. The fourth-order valence-corrected chi connectivity index (χ4v) is 2.96. The Balaban J connectivity index is 0. The van der Waals surface area contributed by atoms with Crippen LogP contribution in [0.25, 0.3) is 0 Å². The number of nitrogens with two attached hydrogens (primary N) is 5. The quantitative estimate of drug-likeness (QED) is 0.141. The van der Waals surface area contributed by atoms with E-state index in [1.165, 1.54) is 17.7 Å². The highest BCUT2D eigenvalue weighted by molar-refractivity contribution is 5.85. The normalized spacial score (nSPS) is 11.2. The Kier molecular flexibility index (Phi) is 24.9. The molecule has 0 aromatic heterocycles. The molecule has 0 rings (SSSR count). The second-order valence-corrected chi connectivity index (χ2v) is 7.90. The number of primary amides is 1. The molecule has 0 saturated carbocycles. The molecule has 0 aromatic rings. The Bertz CT molecular complexity index is 493. The maximum absolute atomic E-state index is 12.4. The van der Waals surface area contributed by atoms with E-state index in [1.807, 2.05) is 0 Å². The molecule has 0 radical (unpaired) electrons. The average Bonchev–Trinajstić information content (AvgIpc) is 2.79. The van der Waals surface area contributed by atoms with E-state index in [0.717, 1.165) is 51.5 Å². The van der Waals surface area contributed by atoms with E-state index in [1.54, 1.807) is 0 Å². The van der Waals surface area contributed by atoms with E-state index in [-0.39, 0.29) is 37.6 Å². The number of ether oxygens (including phenoxy) is 1. The fourth-order valence-electron chi connectivity index (χ4n) is 2.96. The van der Waals surface area contributed by atoms with Crippen LogP contribution in [0.5, 0.6) is 0 Å². The van der Waals surface area contributed by atoms with Crippen molar-refractivity contribution in [3.63, 3.8) is 0 Å². The number of carbonyl (C=O) groups is 3. The van der Waals surface area contributed by atoms with E-state index in [0.29, 0.717) is 26.1 Å². The first kappa shape index (κ1) is 33.2. The molecule has 3 amide bonds. The smallest absolute Gasteiger partial charge is 0.404 e. The van der Waals surface area contributed by atoms with E-state index in [9.17, 15) is 14.4 Å². The van der Waals surface area contributed by atoms with Gasteiger partial charge in [0.25, 0.3) is 0 Å². The van der Waals surface area contributed by atoms with Gasteiger partial charge in [-0.15, -0.1) is 0 Å². The highest BCUT2D eigenvalue weighted by atomic mass is 16.5. The topological polar surface area (TPSA) is 206 Å². The zero-order chi connectivity index (χ0) is 25.3. The average molecular weight is 476 g/mol. The highest BCUT2D eigenvalue weighted by Crippen LogP contribution is 2.05. The second kappa shape index (κ2) is 24.7. The molecule has 0 bridgehead atoms. The van der Waals surface area contributed by atoms with Crippen molar-refractivity contribution in [1.29, 1.82) is 0 Å². The first-order chi connectivity index (χ1) is 15.9. The molecular formula is C22H49N7O4. The van der Waals surface area contributed by atoms with Crippen LogP contribution in [-0.4, -0.2) is 74.7 Å². The third-order valence-electron chi connectivity index (χ3n) is 4.85. The molecule has 0 heterocycles. The summed E-state index contributed by atoms with van der Waals surface area (Å²) in [6.45, 7) is 4.43. The van der Waals surface area contributed by atoms with E-state index >= 15 is 0 Å². The molecule has 0 fully saturated rings. The van der Waals surface area contributed by atoms with E-state index in [2.05, 4.69) is 12.2 Å². The number of rotatable bonds is 19. The van der Waals surface area contributed by atoms with Gasteiger partial charge in [0.1, 0.15) is 6.61 Å². The Morgan fingerprint density at radius 3 is 1.94 bits per heavy atom. The van der Waals surface area contributed by atoms with Gasteiger partial charge >= 0.3 is 6.09 Å². The lowest BCUT2D eigenvalue weighted by Gasteiger charge is -2.24. The molecule has 11 nitrogen and oxygen atoms in total. The third kappa shape index (κ3) is 23.0. The summed E-state index contributed by atoms with van der Waals surface area (Å²) in [6.07, 6.45) is 8.52. The highest BCUT2D eigenvalue weighted by Gasteiger charge is 2.19. The van der Waals surface area contributed by atoms with Crippen LogP contribution in [0.4, 0.5) is 4.79 Å². The summed E-state index contributed by atoms with van der Waals surface area (Å²) in [4.78, 5) is 36.7. The number of amides is 3. The van der Waals surface area contributed by atoms with Crippen LogP contribution in [0, 0.1) is 0 Å². The molecule has 11 heteroatoms. The summed E-state index contributed by atoms with van der Waals surface area (Å²) >= 11 is 0. The van der Waals surface area contributed by atoms with Crippen LogP contribution < -0.4 is 34.0 Å². The van der Waals surface area contributed by atoms with Gasteiger partial charge in [0.2, 0.25) is 11.8 Å². The Morgan fingerprint density at radius 2 is 1.42 bits per heavy atom. The number of hydrogen-bond acceptors (Lipinski definition) is 8. The van der Waals surface area contributed by atoms with Crippen molar-refractivity contribution >= 4 is 17.9 Å². The van der Waals surface area contributed by atoms with Crippen molar-refractivity contribution in [1.82, 2.24) is 10.2 Å². The van der Waals surface area contributed by atoms with Gasteiger partial charge in [-0.1, -0.05) is 39.0 Å². The number of nitrogens with zero attached hydrogens (tertiary/aromatic N) is 1. The Morgan fingerprint density at radius 1 is 0.848 bits per heavy atom. The van der Waals surface area contributed by atoms with Crippen LogP contribution in [0.1, 0.15) is 71.1 Å². The van der Waals surface area contributed by atoms with Gasteiger partial charge in [-0.3, -0.25) is 9.59 Å². The largest absolute Gasteiger partial charge is 0.448 e. The molecule has 0 spiro atoms. The van der Waals surface area contributed by atoms with Crippen molar-refractivity contribution in [2.24, 2.45) is 28.7 Å². The molecule has 1 atom stereocenters. The minimum atomic E-state index is -0.896. The second-order valence-electron chi connectivity index (χ2n) is 7.90.